The topological polar surface area (TPSA) is 196 Å². The quantitative estimate of drug-likeness (QED) is 0.143. The third-order valence-corrected chi connectivity index (χ3v) is 16.0. The second-order valence-corrected chi connectivity index (χ2v) is 21.5. The Balaban J connectivity index is 0.667. The number of β-amino-alcohol motifs (C(OH)–C–C–N with tert-alkyl or cyclic N) is 1. The van der Waals surface area contributed by atoms with E-state index in [2.05, 4.69) is 51.7 Å². The Labute approximate surface area is 410 Å². The summed E-state index contributed by atoms with van der Waals surface area (Å²) in [5.41, 5.74) is 4.62. The number of likely N-dealkylation sites (tertiary alicyclic amines) is 1. The van der Waals surface area contributed by atoms with E-state index in [1.54, 1.807) is 12.1 Å². The number of nitrogens with zero attached hydrogens (tertiary/aromatic N) is 9. The average Bonchev–Trinajstić information content (AvgIpc) is 3.77. The molecule has 6 heterocycles. The molecule has 4 aromatic rings. The fourth-order valence-corrected chi connectivity index (χ4v) is 11.8. The fraction of sp³-hybridized carbons (Fsp3) is 0.528. The molecule has 0 unspecified atom stereocenters. The molecule has 0 radical (unpaired) electrons. The van der Waals surface area contributed by atoms with Crippen molar-refractivity contribution in [1.29, 1.82) is 0 Å². The van der Waals surface area contributed by atoms with Gasteiger partial charge in [-0.05, 0) is 85.3 Å². The minimum absolute atomic E-state index is 0.0391. The number of aromatic nitrogens is 4. The van der Waals surface area contributed by atoms with E-state index in [0.717, 1.165) is 125 Å². The summed E-state index contributed by atoms with van der Waals surface area (Å²) >= 11 is 0. The third kappa shape index (κ3) is 9.68. The van der Waals surface area contributed by atoms with E-state index in [1.807, 2.05) is 75.6 Å². The minimum Gasteiger partial charge on any atom is -0.507 e. The molecule has 3 amide bonds. The summed E-state index contributed by atoms with van der Waals surface area (Å²) in [6, 6.07) is 15.6. The van der Waals surface area contributed by atoms with E-state index >= 15 is 0 Å². The van der Waals surface area contributed by atoms with E-state index in [4.69, 9.17) is 16.4 Å². The molecule has 10 rings (SSSR count). The summed E-state index contributed by atoms with van der Waals surface area (Å²) in [6.45, 7) is 13.0. The fourth-order valence-electron chi connectivity index (χ4n) is 11.8. The number of aromatic hydroxyl groups is 1. The number of phenols is 1. The normalized spacial score (nSPS) is 26.0. The van der Waals surface area contributed by atoms with Gasteiger partial charge in [-0.1, -0.05) is 51.0 Å². The van der Waals surface area contributed by atoms with Gasteiger partial charge in [0.2, 0.25) is 23.7 Å². The van der Waals surface area contributed by atoms with Gasteiger partial charge in [-0.25, -0.2) is 9.97 Å². The lowest BCUT2D eigenvalue weighted by Gasteiger charge is -2.56. The number of phenolic OH excluding ortho intramolecular Hbond substituents is 1. The average molecular weight is 951 g/mol. The highest BCUT2D eigenvalue weighted by Gasteiger charge is 2.50. The van der Waals surface area contributed by atoms with Crippen LogP contribution in [0.25, 0.3) is 11.3 Å². The van der Waals surface area contributed by atoms with Crippen LogP contribution in [0, 0.1) is 29.1 Å². The Bertz CT molecular complexity index is 2590. The summed E-state index contributed by atoms with van der Waals surface area (Å²) in [5, 5.41) is 39.4. The molecule has 1 spiro atoms. The first-order valence-corrected chi connectivity index (χ1v) is 25.1. The standard InChI is InChI=1S/C53H66N12O5/c1-5-34-10-12-35(13-11-34)28-55-49(69)44-24-40(66)33-65(44)50(70)46(52(2,3)4)58-48(68)36-14-16-53(17-15-36)26-37(27-53)61-18-20-62(21-19-61)38-29-56-51(57-30-38)63-22-23-64-39(32-63)31-54-47-43(64)25-42(59-60-47)41-8-6-7-9-45(41)67/h1,6-13,25,29-30,36-37,39-40,44,46,66-67H,14-24,26-28,31-33H2,2-4H3,(H,54,60)(H,55,69)(H,58,68)/t36?,37?,39-,40+,44-,46+,53?/m0/s1. The van der Waals surface area contributed by atoms with Gasteiger partial charge in [0.05, 0.1) is 41.6 Å². The number of rotatable bonds is 10. The summed E-state index contributed by atoms with van der Waals surface area (Å²) in [6.07, 6.45) is 14.6. The molecule has 2 aromatic heterocycles. The van der Waals surface area contributed by atoms with E-state index in [0.29, 0.717) is 17.3 Å². The van der Waals surface area contributed by atoms with Crippen LogP contribution in [-0.2, 0) is 20.9 Å². The minimum atomic E-state index is -0.844. The van der Waals surface area contributed by atoms with Crippen LogP contribution in [0.2, 0.25) is 0 Å². The largest absolute Gasteiger partial charge is 0.507 e. The molecule has 5 N–H and O–H groups in total. The van der Waals surface area contributed by atoms with E-state index < -0.39 is 23.6 Å². The summed E-state index contributed by atoms with van der Waals surface area (Å²) in [4.78, 5) is 62.4. The second kappa shape index (κ2) is 19.4. The van der Waals surface area contributed by atoms with Crippen molar-refractivity contribution in [2.24, 2.45) is 16.7 Å². The zero-order valence-corrected chi connectivity index (χ0v) is 40.6. The third-order valence-electron chi connectivity index (χ3n) is 16.0. The number of terminal acetylenes is 1. The van der Waals surface area contributed by atoms with Crippen molar-refractivity contribution in [2.45, 2.75) is 103 Å². The first kappa shape index (κ1) is 47.2. The molecule has 2 aromatic carbocycles. The van der Waals surface area contributed by atoms with Gasteiger partial charge in [0.25, 0.3) is 0 Å². The van der Waals surface area contributed by atoms with Crippen molar-refractivity contribution in [3.63, 3.8) is 0 Å². The number of nitrogens with one attached hydrogen (secondary N) is 3. The Morgan fingerprint density at radius 1 is 0.900 bits per heavy atom. The summed E-state index contributed by atoms with van der Waals surface area (Å²) in [5.74, 6) is 3.32. The van der Waals surface area contributed by atoms with Gasteiger partial charge < -0.3 is 45.8 Å². The first-order valence-electron chi connectivity index (χ1n) is 25.1. The number of benzene rings is 2. The molecule has 2 saturated carbocycles. The van der Waals surface area contributed by atoms with Crippen molar-refractivity contribution in [2.75, 3.05) is 78.9 Å². The number of hydrogen-bond acceptors (Lipinski definition) is 14. The van der Waals surface area contributed by atoms with Gasteiger partial charge in [0, 0.05) is 95.0 Å². The molecule has 17 heteroatoms. The number of piperazine rings is 2. The number of carbonyl (C=O) groups is 3. The van der Waals surface area contributed by atoms with Crippen molar-refractivity contribution in [1.82, 2.24) is 40.6 Å². The number of anilines is 4. The number of carbonyl (C=O) groups excluding carboxylic acids is 3. The maximum atomic E-state index is 14.2. The zero-order chi connectivity index (χ0) is 48.7. The Morgan fingerprint density at radius 2 is 1.61 bits per heavy atom. The molecule has 5 fully saturated rings. The van der Waals surface area contributed by atoms with Crippen molar-refractivity contribution < 1.29 is 24.6 Å². The highest BCUT2D eigenvalue weighted by atomic mass is 16.3. The lowest BCUT2D eigenvalue weighted by Crippen LogP contribution is -2.59. The van der Waals surface area contributed by atoms with Gasteiger partial charge in [0.1, 0.15) is 17.8 Å². The first-order chi connectivity index (χ1) is 33.7. The van der Waals surface area contributed by atoms with Crippen LogP contribution in [0.1, 0.15) is 76.8 Å². The Morgan fingerprint density at radius 3 is 2.31 bits per heavy atom. The van der Waals surface area contributed by atoms with Gasteiger partial charge in [-0.15, -0.1) is 16.6 Å². The predicted octanol–water partition coefficient (Wildman–Crippen LogP) is 4.01. The molecule has 17 nitrogen and oxygen atoms in total. The van der Waals surface area contributed by atoms with Crippen LogP contribution in [0.15, 0.2) is 67.0 Å². The number of para-hydroxylation sites is 1. The van der Waals surface area contributed by atoms with Gasteiger partial charge in [0.15, 0.2) is 5.82 Å². The molecule has 4 atom stereocenters. The monoisotopic (exact) mass is 951 g/mol. The lowest BCUT2D eigenvalue weighted by atomic mass is 9.56. The van der Waals surface area contributed by atoms with E-state index in [1.165, 1.54) is 4.90 Å². The van der Waals surface area contributed by atoms with Crippen LogP contribution < -0.4 is 30.7 Å². The maximum absolute atomic E-state index is 14.2. The highest BCUT2D eigenvalue weighted by Crippen LogP contribution is 2.54. The molecule has 6 aliphatic rings. The number of aliphatic hydroxyl groups excluding tert-OH is 1. The van der Waals surface area contributed by atoms with Gasteiger partial charge in [-0.2, -0.15) is 0 Å². The molecule has 3 saturated heterocycles. The van der Waals surface area contributed by atoms with Gasteiger partial charge >= 0.3 is 0 Å². The smallest absolute Gasteiger partial charge is 0.246 e. The van der Waals surface area contributed by atoms with Crippen LogP contribution >= 0.6 is 0 Å². The number of fused-ring (bicyclic) bond motifs is 3. The van der Waals surface area contributed by atoms with Crippen LogP contribution in [-0.4, -0.2) is 147 Å². The van der Waals surface area contributed by atoms with E-state index in [-0.39, 0.29) is 60.4 Å². The molecule has 4 aliphatic heterocycles. The number of aliphatic hydroxyl groups is 1. The molecular weight excluding hydrogens is 885 g/mol. The Kier molecular flexibility index (Phi) is 13.0. The van der Waals surface area contributed by atoms with E-state index in [9.17, 15) is 24.6 Å². The van der Waals surface area contributed by atoms with Crippen LogP contribution in [0.3, 0.4) is 0 Å². The number of hydrogen-bond donors (Lipinski definition) is 5. The molecule has 0 bridgehead atoms. The summed E-state index contributed by atoms with van der Waals surface area (Å²) < 4.78 is 0. The summed E-state index contributed by atoms with van der Waals surface area (Å²) in [7, 11) is 0. The Hall–Kier alpha value is -6.51. The van der Waals surface area contributed by atoms with Crippen molar-refractivity contribution in [3.05, 3.63) is 78.1 Å². The molecular formula is C53H66N12O5. The SMILES string of the molecule is C#Cc1ccc(CNC(=O)[C@@H]2C[C@@H](O)CN2C(=O)[C@@H](NC(=O)C2CCC3(CC2)CC(N2CCN(c4cnc(N5CCN6c7cc(-c8ccccc8O)nnc7NC[C@H]6C5)nc4)CC2)C3)C(C)(C)C)cc1. The zero-order valence-electron chi connectivity index (χ0n) is 40.6. The van der Waals surface area contributed by atoms with Crippen LogP contribution in [0.5, 0.6) is 5.75 Å². The predicted molar refractivity (Wildman–Crippen MR) is 268 cm³/mol. The number of amides is 3. The highest BCUT2D eigenvalue weighted by molar-refractivity contribution is 5.93. The lowest BCUT2D eigenvalue weighted by molar-refractivity contribution is -0.145. The molecule has 368 valence electrons. The van der Waals surface area contributed by atoms with Crippen LogP contribution in [0.4, 0.5) is 23.1 Å². The van der Waals surface area contributed by atoms with Crippen molar-refractivity contribution in [3.8, 4) is 29.4 Å². The van der Waals surface area contributed by atoms with Crippen molar-refractivity contribution >= 4 is 40.9 Å². The molecule has 70 heavy (non-hydrogen) atoms. The second-order valence-electron chi connectivity index (χ2n) is 21.5. The molecule has 2 aliphatic carbocycles. The van der Waals surface area contributed by atoms with Gasteiger partial charge in [-0.3, -0.25) is 19.3 Å². The maximum Gasteiger partial charge on any atom is 0.246 e.